The molecule has 1 aliphatic rings. The number of likely N-dealkylation sites (tertiary alicyclic amines) is 1. The molecule has 0 aromatic rings. The largest absolute Gasteiger partial charge is 0.315 e. The second-order valence-corrected chi connectivity index (χ2v) is 5.88. The van der Waals surface area contributed by atoms with Crippen molar-refractivity contribution in [3.8, 4) is 0 Å². The summed E-state index contributed by atoms with van der Waals surface area (Å²) in [5.74, 6) is 1.81. The summed E-state index contributed by atoms with van der Waals surface area (Å²) in [6.07, 6.45) is 4.08. The molecule has 1 saturated heterocycles. The van der Waals surface area contributed by atoms with Gasteiger partial charge in [-0.15, -0.1) is 0 Å². The summed E-state index contributed by atoms with van der Waals surface area (Å²) in [6, 6.07) is 0.639. The molecule has 0 amide bonds. The molecule has 1 fully saturated rings. The maximum atomic E-state index is 3.47. The van der Waals surface area contributed by atoms with Gasteiger partial charge < -0.3 is 10.2 Å². The molecule has 96 valence electrons. The predicted octanol–water partition coefficient (Wildman–Crippen LogP) is 2.74. The van der Waals surface area contributed by atoms with Gasteiger partial charge in [0.2, 0.25) is 0 Å². The molecule has 2 atom stereocenters. The lowest BCUT2D eigenvalue weighted by Crippen LogP contribution is -2.24. The average Bonchev–Trinajstić information content (AvgIpc) is 2.52. The van der Waals surface area contributed by atoms with Crippen LogP contribution in [0.15, 0.2) is 0 Å². The van der Waals surface area contributed by atoms with Crippen LogP contribution in [-0.4, -0.2) is 37.1 Å². The Morgan fingerprint density at radius 3 is 2.25 bits per heavy atom. The maximum Gasteiger partial charge on any atom is 0.00103 e. The molecule has 2 heteroatoms. The average molecular weight is 226 g/mol. The van der Waals surface area contributed by atoms with Crippen molar-refractivity contribution in [1.82, 2.24) is 10.2 Å². The van der Waals surface area contributed by atoms with Crippen molar-refractivity contribution in [2.75, 3.05) is 26.2 Å². The van der Waals surface area contributed by atoms with Crippen molar-refractivity contribution in [2.24, 2.45) is 11.8 Å². The van der Waals surface area contributed by atoms with E-state index in [2.05, 4.69) is 37.9 Å². The fourth-order valence-electron chi connectivity index (χ4n) is 2.46. The minimum Gasteiger partial charge on any atom is -0.315 e. The van der Waals surface area contributed by atoms with E-state index in [0.717, 1.165) is 11.8 Å². The molecule has 1 heterocycles. The predicted molar refractivity (Wildman–Crippen MR) is 71.8 cm³/mol. The fourth-order valence-corrected chi connectivity index (χ4v) is 2.46. The Bertz CT molecular complexity index is 170. The zero-order valence-electron chi connectivity index (χ0n) is 11.6. The Kier molecular flexibility index (Phi) is 6.37. The zero-order chi connectivity index (χ0) is 12.0. The molecule has 2 nitrogen and oxygen atoms in total. The second kappa shape index (κ2) is 7.29. The molecule has 1 aliphatic heterocycles. The first kappa shape index (κ1) is 14.0. The van der Waals surface area contributed by atoms with Crippen molar-refractivity contribution in [1.29, 1.82) is 0 Å². The Balaban J connectivity index is 1.92. The number of nitrogens with zero attached hydrogens (tertiary/aromatic N) is 1. The smallest absolute Gasteiger partial charge is 0.00103 e. The monoisotopic (exact) mass is 226 g/mol. The van der Waals surface area contributed by atoms with E-state index in [4.69, 9.17) is 0 Å². The molecule has 2 unspecified atom stereocenters. The minimum atomic E-state index is 0.639. The lowest BCUT2D eigenvalue weighted by Gasteiger charge is -2.15. The van der Waals surface area contributed by atoms with Gasteiger partial charge >= 0.3 is 0 Å². The highest BCUT2D eigenvalue weighted by atomic mass is 15.1. The van der Waals surface area contributed by atoms with Gasteiger partial charge in [0.15, 0.2) is 0 Å². The number of rotatable bonds is 7. The van der Waals surface area contributed by atoms with Crippen LogP contribution in [0.1, 0.15) is 47.0 Å². The molecule has 0 aromatic carbocycles. The van der Waals surface area contributed by atoms with Crippen molar-refractivity contribution in [3.05, 3.63) is 0 Å². The first-order valence-electron chi connectivity index (χ1n) is 7.05. The molecular formula is C14H30N2. The van der Waals surface area contributed by atoms with E-state index in [1.54, 1.807) is 0 Å². The van der Waals surface area contributed by atoms with E-state index < -0.39 is 0 Å². The highest BCUT2D eigenvalue weighted by Crippen LogP contribution is 2.22. The topological polar surface area (TPSA) is 15.3 Å². The number of unbranched alkanes of at least 4 members (excludes halogenated alkanes) is 2. The van der Waals surface area contributed by atoms with Crippen LogP contribution in [0.2, 0.25) is 0 Å². The molecule has 0 radical (unpaired) electrons. The van der Waals surface area contributed by atoms with E-state index in [9.17, 15) is 0 Å². The van der Waals surface area contributed by atoms with E-state index in [1.807, 2.05) is 0 Å². The van der Waals surface area contributed by atoms with Crippen LogP contribution in [0.25, 0.3) is 0 Å². The standard InChI is InChI=1S/C14H30N2/c1-12(2)15-8-6-5-7-9-16-10-13(3)14(4)11-16/h12-15H,5-11H2,1-4H3. The normalized spacial score (nSPS) is 26.8. The van der Waals surface area contributed by atoms with Gasteiger partial charge in [0.1, 0.15) is 0 Å². The number of hydrogen-bond donors (Lipinski definition) is 1. The van der Waals surface area contributed by atoms with Crippen LogP contribution in [0.3, 0.4) is 0 Å². The van der Waals surface area contributed by atoms with Crippen molar-refractivity contribution in [3.63, 3.8) is 0 Å². The molecule has 16 heavy (non-hydrogen) atoms. The van der Waals surface area contributed by atoms with Gasteiger partial charge in [-0.1, -0.05) is 34.1 Å². The van der Waals surface area contributed by atoms with Crippen molar-refractivity contribution >= 4 is 0 Å². The maximum absolute atomic E-state index is 3.47. The quantitative estimate of drug-likeness (QED) is 0.672. The van der Waals surface area contributed by atoms with E-state index in [0.29, 0.717) is 6.04 Å². The Morgan fingerprint density at radius 2 is 1.69 bits per heavy atom. The van der Waals surface area contributed by atoms with Crippen molar-refractivity contribution < 1.29 is 0 Å². The summed E-state index contributed by atoms with van der Waals surface area (Å²) in [6.45, 7) is 14.4. The van der Waals surface area contributed by atoms with Gasteiger partial charge in [-0.2, -0.15) is 0 Å². The lowest BCUT2D eigenvalue weighted by atomic mass is 10.0. The summed E-state index contributed by atoms with van der Waals surface area (Å²) < 4.78 is 0. The Morgan fingerprint density at radius 1 is 1.06 bits per heavy atom. The molecule has 0 aromatic heterocycles. The van der Waals surface area contributed by atoms with Gasteiger partial charge in [0.05, 0.1) is 0 Å². The number of nitrogens with one attached hydrogen (secondary N) is 1. The van der Waals surface area contributed by atoms with Crippen LogP contribution in [-0.2, 0) is 0 Å². The van der Waals surface area contributed by atoms with Gasteiger partial charge in [-0.25, -0.2) is 0 Å². The molecule has 0 bridgehead atoms. The SMILES string of the molecule is CC(C)NCCCCCN1CC(C)C(C)C1. The number of hydrogen-bond acceptors (Lipinski definition) is 2. The summed E-state index contributed by atoms with van der Waals surface area (Å²) >= 11 is 0. The van der Waals surface area contributed by atoms with E-state index in [-0.39, 0.29) is 0 Å². The molecule has 0 saturated carbocycles. The third-order valence-electron chi connectivity index (χ3n) is 3.77. The first-order valence-corrected chi connectivity index (χ1v) is 7.05. The minimum absolute atomic E-state index is 0.639. The Labute approximate surface area is 102 Å². The third kappa shape index (κ3) is 5.31. The molecule has 1 N–H and O–H groups in total. The lowest BCUT2D eigenvalue weighted by molar-refractivity contribution is 0.314. The fraction of sp³-hybridized carbons (Fsp3) is 1.00. The van der Waals surface area contributed by atoms with E-state index in [1.165, 1.54) is 45.4 Å². The van der Waals surface area contributed by atoms with Gasteiger partial charge in [0.25, 0.3) is 0 Å². The molecule has 1 rings (SSSR count). The second-order valence-electron chi connectivity index (χ2n) is 5.88. The van der Waals surface area contributed by atoms with Gasteiger partial charge in [-0.3, -0.25) is 0 Å². The molecule has 0 aliphatic carbocycles. The first-order chi connectivity index (χ1) is 7.59. The van der Waals surface area contributed by atoms with Gasteiger partial charge in [0, 0.05) is 19.1 Å². The van der Waals surface area contributed by atoms with E-state index >= 15 is 0 Å². The highest BCUT2D eigenvalue weighted by molar-refractivity contribution is 4.78. The third-order valence-corrected chi connectivity index (χ3v) is 3.77. The molecule has 0 spiro atoms. The highest BCUT2D eigenvalue weighted by Gasteiger charge is 2.24. The van der Waals surface area contributed by atoms with Crippen LogP contribution in [0, 0.1) is 11.8 Å². The van der Waals surface area contributed by atoms with Crippen LogP contribution in [0.5, 0.6) is 0 Å². The summed E-state index contributed by atoms with van der Waals surface area (Å²) in [4.78, 5) is 2.64. The molecular weight excluding hydrogens is 196 g/mol. The summed E-state index contributed by atoms with van der Waals surface area (Å²) in [5.41, 5.74) is 0. The van der Waals surface area contributed by atoms with Crippen LogP contribution >= 0.6 is 0 Å². The van der Waals surface area contributed by atoms with Crippen LogP contribution < -0.4 is 5.32 Å². The summed E-state index contributed by atoms with van der Waals surface area (Å²) in [5, 5.41) is 3.47. The van der Waals surface area contributed by atoms with Gasteiger partial charge in [-0.05, 0) is 37.8 Å². The zero-order valence-corrected chi connectivity index (χ0v) is 11.6. The summed E-state index contributed by atoms with van der Waals surface area (Å²) in [7, 11) is 0. The van der Waals surface area contributed by atoms with Crippen LogP contribution in [0.4, 0.5) is 0 Å². The van der Waals surface area contributed by atoms with Crippen molar-refractivity contribution in [2.45, 2.75) is 53.0 Å². The Hall–Kier alpha value is -0.0800.